The molecule has 0 saturated heterocycles. The smallest absolute Gasteiger partial charge is 0.0465 e. The first-order valence-electron chi connectivity index (χ1n) is 9.14. The van der Waals surface area contributed by atoms with E-state index in [1.807, 2.05) is 0 Å². The molecule has 0 radical (unpaired) electrons. The van der Waals surface area contributed by atoms with E-state index in [4.69, 9.17) is 4.74 Å². The van der Waals surface area contributed by atoms with Crippen molar-refractivity contribution in [2.45, 2.75) is 97.3 Å². The minimum Gasteiger partial charge on any atom is -0.382 e. The first-order chi connectivity index (χ1) is 9.91. The second-order valence-corrected chi connectivity index (χ2v) is 5.78. The van der Waals surface area contributed by atoms with Crippen LogP contribution in [0.1, 0.15) is 97.3 Å². The van der Waals surface area contributed by atoms with Crippen molar-refractivity contribution in [1.82, 2.24) is 0 Å². The Morgan fingerprint density at radius 2 is 1.10 bits per heavy atom. The average molecular weight is 283 g/mol. The third kappa shape index (κ3) is 17.7. The SMILES string of the molecule is CCCCCC/C=C/CCCCCCCCCOCC. The van der Waals surface area contributed by atoms with E-state index >= 15 is 0 Å². The summed E-state index contributed by atoms with van der Waals surface area (Å²) in [6.07, 6.45) is 22.5. The van der Waals surface area contributed by atoms with Gasteiger partial charge in [-0.05, 0) is 39.0 Å². The number of rotatable bonds is 16. The van der Waals surface area contributed by atoms with Gasteiger partial charge in [0.15, 0.2) is 0 Å². The molecule has 0 unspecified atom stereocenters. The van der Waals surface area contributed by atoms with Gasteiger partial charge in [0.25, 0.3) is 0 Å². The Balaban J connectivity index is 3.00. The second-order valence-electron chi connectivity index (χ2n) is 5.78. The van der Waals surface area contributed by atoms with Crippen LogP contribution in [-0.2, 0) is 4.74 Å². The maximum atomic E-state index is 5.34. The maximum absolute atomic E-state index is 5.34. The lowest BCUT2D eigenvalue weighted by atomic mass is 10.1. The Morgan fingerprint density at radius 1 is 0.600 bits per heavy atom. The van der Waals surface area contributed by atoms with Crippen molar-refractivity contribution in [3.8, 4) is 0 Å². The minimum absolute atomic E-state index is 0.867. The summed E-state index contributed by atoms with van der Waals surface area (Å²) in [5, 5.41) is 0. The standard InChI is InChI=1S/C19H38O/c1-3-5-6-7-8-9-10-11-12-13-14-15-16-17-18-19-20-4-2/h9-10H,3-8,11-19H2,1-2H3/b10-9+. The maximum Gasteiger partial charge on any atom is 0.0465 e. The Hall–Kier alpha value is -0.300. The van der Waals surface area contributed by atoms with Crippen molar-refractivity contribution in [2.75, 3.05) is 13.2 Å². The largest absolute Gasteiger partial charge is 0.382 e. The Labute approximate surface area is 128 Å². The summed E-state index contributed by atoms with van der Waals surface area (Å²) in [4.78, 5) is 0. The monoisotopic (exact) mass is 282 g/mol. The number of allylic oxidation sites excluding steroid dienone is 2. The van der Waals surface area contributed by atoms with Gasteiger partial charge in [-0.25, -0.2) is 0 Å². The third-order valence-corrected chi connectivity index (χ3v) is 3.75. The zero-order chi connectivity index (χ0) is 14.7. The van der Waals surface area contributed by atoms with Crippen molar-refractivity contribution in [3.05, 3.63) is 12.2 Å². The highest BCUT2D eigenvalue weighted by molar-refractivity contribution is 4.81. The molecule has 1 heteroatoms. The molecule has 0 bridgehead atoms. The molecule has 0 aliphatic carbocycles. The van der Waals surface area contributed by atoms with E-state index in [-0.39, 0.29) is 0 Å². The zero-order valence-electron chi connectivity index (χ0n) is 14.2. The molecule has 0 heterocycles. The molecule has 1 nitrogen and oxygen atoms in total. The summed E-state index contributed by atoms with van der Waals surface area (Å²) in [5.41, 5.74) is 0. The zero-order valence-corrected chi connectivity index (χ0v) is 14.2. The van der Waals surface area contributed by atoms with Crippen molar-refractivity contribution in [3.63, 3.8) is 0 Å². The molecule has 120 valence electrons. The van der Waals surface area contributed by atoms with E-state index in [0.29, 0.717) is 0 Å². The van der Waals surface area contributed by atoms with Gasteiger partial charge in [-0.3, -0.25) is 0 Å². The lowest BCUT2D eigenvalue weighted by Gasteiger charge is -2.02. The number of ether oxygens (including phenoxy) is 1. The molecular weight excluding hydrogens is 244 g/mol. The lowest BCUT2D eigenvalue weighted by Crippen LogP contribution is -1.92. The van der Waals surface area contributed by atoms with Gasteiger partial charge in [0.05, 0.1) is 0 Å². The fourth-order valence-electron chi connectivity index (χ4n) is 2.42. The van der Waals surface area contributed by atoms with Crippen LogP contribution in [0.4, 0.5) is 0 Å². The summed E-state index contributed by atoms with van der Waals surface area (Å²) in [6.45, 7) is 6.17. The van der Waals surface area contributed by atoms with Crippen molar-refractivity contribution >= 4 is 0 Å². The van der Waals surface area contributed by atoms with Gasteiger partial charge >= 0.3 is 0 Å². The summed E-state index contributed by atoms with van der Waals surface area (Å²) >= 11 is 0. The van der Waals surface area contributed by atoms with E-state index in [2.05, 4.69) is 26.0 Å². The van der Waals surface area contributed by atoms with Crippen LogP contribution < -0.4 is 0 Å². The van der Waals surface area contributed by atoms with E-state index in [1.54, 1.807) is 0 Å². The molecular formula is C19H38O. The molecule has 0 rings (SSSR count). The van der Waals surface area contributed by atoms with Crippen LogP contribution in [0.3, 0.4) is 0 Å². The highest BCUT2D eigenvalue weighted by Crippen LogP contribution is 2.09. The fraction of sp³-hybridized carbons (Fsp3) is 0.895. The summed E-state index contributed by atoms with van der Waals surface area (Å²) < 4.78 is 5.34. The van der Waals surface area contributed by atoms with Gasteiger partial charge in [0.2, 0.25) is 0 Å². The topological polar surface area (TPSA) is 9.23 Å². The minimum atomic E-state index is 0.867. The summed E-state index contributed by atoms with van der Waals surface area (Å²) in [6, 6.07) is 0. The molecule has 20 heavy (non-hydrogen) atoms. The van der Waals surface area contributed by atoms with E-state index in [0.717, 1.165) is 13.2 Å². The number of hydrogen-bond donors (Lipinski definition) is 0. The van der Waals surface area contributed by atoms with Gasteiger partial charge in [-0.15, -0.1) is 0 Å². The second kappa shape index (κ2) is 18.7. The van der Waals surface area contributed by atoms with E-state index < -0.39 is 0 Å². The molecule has 0 aromatic carbocycles. The average Bonchev–Trinajstić information content (AvgIpc) is 2.47. The van der Waals surface area contributed by atoms with Crippen molar-refractivity contribution in [1.29, 1.82) is 0 Å². The Bertz CT molecular complexity index is 186. The highest BCUT2D eigenvalue weighted by Gasteiger charge is 1.91. The van der Waals surface area contributed by atoms with Crippen LogP contribution in [0, 0.1) is 0 Å². The molecule has 0 spiro atoms. The van der Waals surface area contributed by atoms with Crippen LogP contribution in [0.25, 0.3) is 0 Å². The van der Waals surface area contributed by atoms with Crippen LogP contribution in [0.5, 0.6) is 0 Å². The van der Waals surface area contributed by atoms with Gasteiger partial charge in [-0.2, -0.15) is 0 Å². The van der Waals surface area contributed by atoms with Crippen LogP contribution >= 0.6 is 0 Å². The molecule has 0 saturated carbocycles. The number of unbranched alkanes of at least 4 members (excludes halogenated alkanes) is 11. The van der Waals surface area contributed by atoms with E-state index in [9.17, 15) is 0 Å². The summed E-state index contributed by atoms with van der Waals surface area (Å²) in [7, 11) is 0. The van der Waals surface area contributed by atoms with Crippen molar-refractivity contribution in [2.24, 2.45) is 0 Å². The van der Waals surface area contributed by atoms with Gasteiger partial charge < -0.3 is 4.74 Å². The Kier molecular flexibility index (Phi) is 18.4. The normalized spacial score (nSPS) is 11.5. The summed E-state index contributed by atoms with van der Waals surface area (Å²) in [5.74, 6) is 0. The quantitative estimate of drug-likeness (QED) is 0.227. The molecule has 0 aromatic rings. The molecule has 0 amide bonds. The third-order valence-electron chi connectivity index (χ3n) is 3.75. The van der Waals surface area contributed by atoms with Crippen LogP contribution in [-0.4, -0.2) is 13.2 Å². The molecule has 0 aliphatic heterocycles. The lowest BCUT2D eigenvalue weighted by molar-refractivity contribution is 0.143. The molecule has 0 fully saturated rings. The Morgan fingerprint density at radius 3 is 1.65 bits per heavy atom. The first-order valence-corrected chi connectivity index (χ1v) is 9.14. The first kappa shape index (κ1) is 19.7. The predicted molar refractivity (Wildman–Crippen MR) is 91.3 cm³/mol. The predicted octanol–water partition coefficient (Wildman–Crippen LogP) is 6.67. The highest BCUT2D eigenvalue weighted by atomic mass is 16.5. The van der Waals surface area contributed by atoms with Gasteiger partial charge in [-0.1, -0.05) is 70.4 Å². The van der Waals surface area contributed by atoms with E-state index in [1.165, 1.54) is 83.5 Å². The molecule has 0 aromatic heterocycles. The molecule has 0 atom stereocenters. The van der Waals surface area contributed by atoms with Crippen LogP contribution in [0.15, 0.2) is 12.2 Å². The van der Waals surface area contributed by atoms with Crippen molar-refractivity contribution < 1.29 is 4.74 Å². The molecule has 0 N–H and O–H groups in total. The van der Waals surface area contributed by atoms with Gasteiger partial charge in [0.1, 0.15) is 0 Å². The molecule has 0 aliphatic rings. The fourth-order valence-corrected chi connectivity index (χ4v) is 2.42. The van der Waals surface area contributed by atoms with Gasteiger partial charge in [0, 0.05) is 13.2 Å². The van der Waals surface area contributed by atoms with Crippen LogP contribution in [0.2, 0.25) is 0 Å². The number of hydrogen-bond acceptors (Lipinski definition) is 1.